The highest BCUT2D eigenvalue weighted by Gasteiger charge is 2.35. The van der Waals surface area contributed by atoms with Gasteiger partial charge in [-0.1, -0.05) is 19.9 Å². The first kappa shape index (κ1) is 17.6. The SMILES string of the molecule is Cc1cc(OCCN2C[C@H]3CNC[C@H]3C2)ccc1C(C)C.Cl. The van der Waals surface area contributed by atoms with Crippen molar-refractivity contribution in [2.45, 2.75) is 26.7 Å². The fourth-order valence-corrected chi connectivity index (χ4v) is 3.81. The quantitative estimate of drug-likeness (QED) is 0.901. The second-order valence-corrected chi connectivity index (χ2v) is 6.96. The van der Waals surface area contributed by atoms with Crippen molar-refractivity contribution in [1.82, 2.24) is 10.2 Å². The molecule has 2 atom stereocenters. The summed E-state index contributed by atoms with van der Waals surface area (Å²) in [5.41, 5.74) is 2.76. The second-order valence-electron chi connectivity index (χ2n) is 6.96. The minimum absolute atomic E-state index is 0. The summed E-state index contributed by atoms with van der Waals surface area (Å²) in [6.07, 6.45) is 0. The molecule has 0 saturated carbocycles. The van der Waals surface area contributed by atoms with Gasteiger partial charge in [0.1, 0.15) is 12.4 Å². The number of likely N-dealkylation sites (tertiary alicyclic amines) is 1. The van der Waals surface area contributed by atoms with Gasteiger partial charge in [0.05, 0.1) is 0 Å². The summed E-state index contributed by atoms with van der Waals surface area (Å²) in [6, 6.07) is 6.50. The van der Waals surface area contributed by atoms with Crippen LogP contribution in [0.25, 0.3) is 0 Å². The van der Waals surface area contributed by atoms with Crippen molar-refractivity contribution in [3.8, 4) is 5.75 Å². The molecular weight excluding hydrogens is 296 g/mol. The third-order valence-corrected chi connectivity index (χ3v) is 5.00. The maximum atomic E-state index is 5.95. The van der Waals surface area contributed by atoms with Crippen LogP contribution in [0.3, 0.4) is 0 Å². The zero-order chi connectivity index (χ0) is 14.8. The Bertz CT molecular complexity index is 480. The van der Waals surface area contributed by atoms with Crippen LogP contribution in [0.2, 0.25) is 0 Å². The Hall–Kier alpha value is -0.770. The fourth-order valence-electron chi connectivity index (χ4n) is 3.81. The second kappa shape index (κ2) is 7.67. The van der Waals surface area contributed by atoms with E-state index in [1.807, 2.05) is 0 Å². The van der Waals surface area contributed by atoms with E-state index in [4.69, 9.17) is 4.74 Å². The molecule has 4 heteroatoms. The molecule has 0 radical (unpaired) electrons. The van der Waals surface area contributed by atoms with Crippen LogP contribution in [0.5, 0.6) is 5.75 Å². The lowest BCUT2D eigenvalue weighted by Gasteiger charge is -2.18. The molecule has 3 rings (SSSR count). The number of hydrogen-bond donors (Lipinski definition) is 1. The van der Waals surface area contributed by atoms with Crippen molar-refractivity contribution < 1.29 is 4.74 Å². The lowest BCUT2D eigenvalue weighted by atomic mass is 9.98. The number of ether oxygens (including phenoxy) is 1. The van der Waals surface area contributed by atoms with E-state index in [9.17, 15) is 0 Å². The lowest BCUT2D eigenvalue weighted by Crippen LogP contribution is -2.29. The first-order chi connectivity index (χ1) is 10.1. The number of hydrogen-bond acceptors (Lipinski definition) is 3. The summed E-state index contributed by atoms with van der Waals surface area (Å²) in [6.45, 7) is 13.4. The largest absolute Gasteiger partial charge is 0.492 e. The zero-order valence-electron chi connectivity index (χ0n) is 14.0. The van der Waals surface area contributed by atoms with Gasteiger partial charge in [0, 0.05) is 19.6 Å². The summed E-state index contributed by atoms with van der Waals surface area (Å²) >= 11 is 0. The van der Waals surface area contributed by atoms with Gasteiger partial charge in [-0.3, -0.25) is 4.90 Å². The van der Waals surface area contributed by atoms with E-state index in [0.717, 1.165) is 30.7 Å². The number of benzene rings is 1. The lowest BCUT2D eigenvalue weighted by molar-refractivity contribution is 0.228. The number of fused-ring (bicyclic) bond motifs is 1. The Labute approximate surface area is 140 Å². The Morgan fingerprint density at radius 1 is 1.23 bits per heavy atom. The molecule has 124 valence electrons. The predicted molar refractivity (Wildman–Crippen MR) is 94.3 cm³/mol. The number of aryl methyl sites for hydroxylation is 1. The maximum Gasteiger partial charge on any atom is 0.119 e. The molecule has 2 saturated heterocycles. The third-order valence-electron chi connectivity index (χ3n) is 5.00. The monoisotopic (exact) mass is 324 g/mol. The molecule has 2 aliphatic rings. The number of nitrogens with one attached hydrogen (secondary N) is 1. The van der Waals surface area contributed by atoms with E-state index in [1.165, 1.54) is 37.3 Å². The van der Waals surface area contributed by atoms with Crippen molar-refractivity contribution in [3.05, 3.63) is 29.3 Å². The molecule has 0 unspecified atom stereocenters. The van der Waals surface area contributed by atoms with Crippen molar-refractivity contribution in [1.29, 1.82) is 0 Å². The molecule has 22 heavy (non-hydrogen) atoms. The average molecular weight is 325 g/mol. The van der Waals surface area contributed by atoms with Crippen molar-refractivity contribution >= 4 is 12.4 Å². The molecule has 0 amide bonds. The van der Waals surface area contributed by atoms with Crippen LogP contribution in [0.4, 0.5) is 0 Å². The summed E-state index contributed by atoms with van der Waals surface area (Å²) in [4.78, 5) is 2.56. The van der Waals surface area contributed by atoms with Gasteiger partial charge < -0.3 is 10.1 Å². The number of halogens is 1. The fraction of sp³-hybridized carbons (Fsp3) is 0.667. The molecule has 2 fully saturated rings. The minimum atomic E-state index is 0. The van der Waals surface area contributed by atoms with E-state index in [-0.39, 0.29) is 12.4 Å². The summed E-state index contributed by atoms with van der Waals surface area (Å²) in [5.74, 6) is 3.34. The maximum absolute atomic E-state index is 5.95. The van der Waals surface area contributed by atoms with E-state index in [2.05, 4.69) is 49.2 Å². The normalized spacial score (nSPS) is 24.4. The number of rotatable bonds is 5. The third kappa shape index (κ3) is 3.95. The molecule has 3 nitrogen and oxygen atoms in total. The van der Waals surface area contributed by atoms with E-state index < -0.39 is 0 Å². The Balaban J connectivity index is 0.00000176. The number of nitrogens with zero attached hydrogens (tertiary/aromatic N) is 1. The Kier molecular flexibility index (Phi) is 6.13. The van der Waals surface area contributed by atoms with Crippen LogP contribution in [0, 0.1) is 18.8 Å². The first-order valence-corrected chi connectivity index (χ1v) is 8.30. The van der Waals surface area contributed by atoms with Crippen LogP contribution in [0.15, 0.2) is 18.2 Å². The molecule has 2 aliphatic heterocycles. The van der Waals surface area contributed by atoms with Gasteiger partial charge in [-0.2, -0.15) is 0 Å². The zero-order valence-corrected chi connectivity index (χ0v) is 14.8. The summed E-state index contributed by atoms with van der Waals surface area (Å²) < 4.78 is 5.95. The van der Waals surface area contributed by atoms with Crippen LogP contribution < -0.4 is 10.1 Å². The molecule has 1 aromatic carbocycles. The predicted octanol–water partition coefficient (Wildman–Crippen LogP) is 3.07. The topological polar surface area (TPSA) is 24.5 Å². The first-order valence-electron chi connectivity index (χ1n) is 8.30. The van der Waals surface area contributed by atoms with Gasteiger partial charge in [0.2, 0.25) is 0 Å². The van der Waals surface area contributed by atoms with Gasteiger partial charge in [-0.15, -0.1) is 12.4 Å². The molecule has 2 heterocycles. The highest BCUT2D eigenvalue weighted by Crippen LogP contribution is 2.26. The van der Waals surface area contributed by atoms with Crippen LogP contribution in [-0.2, 0) is 0 Å². The molecule has 1 aromatic rings. The molecule has 0 aromatic heterocycles. The van der Waals surface area contributed by atoms with Gasteiger partial charge in [0.25, 0.3) is 0 Å². The summed E-state index contributed by atoms with van der Waals surface area (Å²) in [5, 5.41) is 3.49. The smallest absolute Gasteiger partial charge is 0.119 e. The molecule has 0 spiro atoms. The average Bonchev–Trinajstić information content (AvgIpc) is 2.99. The molecule has 1 N–H and O–H groups in total. The van der Waals surface area contributed by atoms with Crippen molar-refractivity contribution in [3.63, 3.8) is 0 Å². The molecule has 0 bridgehead atoms. The Morgan fingerprint density at radius 2 is 1.91 bits per heavy atom. The summed E-state index contributed by atoms with van der Waals surface area (Å²) in [7, 11) is 0. The van der Waals surface area contributed by atoms with E-state index in [1.54, 1.807) is 0 Å². The van der Waals surface area contributed by atoms with Crippen LogP contribution in [-0.4, -0.2) is 44.2 Å². The van der Waals surface area contributed by atoms with Gasteiger partial charge in [-0.05, 0) is 61.0 Å². The molecular formula is C18H29ClN2O. The highest BCUT2D eigenvalue weighted by atomic mass is 35.5. The Morgan fingerprint density at radius 3 is 2.50 bits per heavy atom. The highest BCUT2D eigenvalue weighted by molar-refractivity contribution is 5.85. The van der Waals surface area contributed by atoms with Crippen LogP contribution >= 0.6 is 12.4 Å². The standard InChI is InChI=1S/C18H28N2O.ClH/c1-13(2)18-5-4-17(8-14(18)3)21-7-6-20-11-15-9-19-10-16(15)12-20;/h4-5,8,13,15-16,19H,6-7,9-12H2,1-3H3;1H/t15-,16+;. The van der Waals surface area contributed by atoms with Crippen molar-refractivity contribution in [2.24, 2.45) is 11.8 Å². The van der Waals surface area contributed by atoms with Crippen LogP contribution in [0.1, 0.15) is 30.9 Å². The van der Waals surface area contributed by atoms with Gasteiger partial charge >= 0.3 is 0 Å². The van der Waals surface area contributed by atoms with Crippen molar-refractivity contribution in [2.75, 3.05) is 39.3 Å². The molecule has 0 aliphatic carbocycles. The van der Waals surface area contributed by atoms with Gasteiger partial charge in [0.15, 0.2) is 0 Å². The van der Waals surface area contributed by atoms with E-state index in [0.29, 0.717) is 5.92 Å². The minimum Gasteiger partial charge on any atom is -0.492 e. The van der Waals surface area contributed by atoms with E-state index >= 15 is 0 Å². The van der Waals surface area contributed by atoms with Gasteiger partial charge in [-0.25, -0.2) is 0 Å².